The van der Waals surface area contributed by atoms with Gasteiger partial charge in [-0.05, 0) is 32.3 Å². The van der Waals surface area contributed by atoms with Crippen LogP contribution in [0.25, 0.3) is 10.2 Å². The van der Waals surface area contributed by atoms with Crippen molar-refractivity contribution < 1.29 is 17.9 Å². The van der Waals surface area contributed by atoms with Gasteiger partial charge < -0.3 is 14.6 Å². The van der Waals surface area contributed by atoms with Crippen LogP contribution in [0.1, 0.15) is 43.0 Å². The number of hydrogen-bond donors (Lipinski definition) is 1. The molecule has 1 N–H and O–H groups in total. The lowest BCUT2D eigenvalue weighted by Gasteiger charge is -2.30. The summed E-state index contributed by atoms with van der Waals surface area (Å²) in [6.45, 7) is 11.4. The Morgan fingerprint density at radius 3 is 2.62 bits per heavy atom. The molecule has 2 aromatic heterocycles. The molecule has 0 radical (unpaired) electrons. The van der Waals surface area contributed by atoms with Crippen LogP contribution in [0.15, 0.2) is 28.4 Å². The molecule has 0 bridgehead atoms. The van der Waals surface area contributed by atoms with E-state index in [4.69, 9.17) is 4.74 Å². The number of nitrogens with zero attached hydrogens (tertiary/aromatic N) is 2. The zero-order valence-corrected chi connectivity index (χ0v) is 18.1. The lowest BCUT2D eigenvalue weighted by atomic mass is 10.0. The molecule has 29 heavy (non-hydrogen) atoms. The average Bonchev–Trinajstić information content (AvgIpc) is 2.96. The van der Waals surface area contributed by atoms with Crippen LogP contribution in [0.4, 0.5) is 13.2 Å². The van der Waals surface area contributed by atoms with Crippen LogP contribution >= 0.6 is 11.3 Å². The first kappa shape index (κ1) is 23.0. The molecule has 0 fully saturated rings. The van der Waals surface area contributed by atoms with E-state index >= 15 is 0 Å². The van der Waals surface area contributed by atoms with E-state index in [0.717, 1.165) is 10.4 Å². The third-order valence-corrected chi connectivity index (χ3v) is 5.70. The molecule has 0 spiro atoms. The molecule has 1 aliphatic heterocycles. The van der Waals surface area contributed by atoms with Crippen LogP contribution in [0.5, 0.6) is 0 Å². The van der Waals surface area contributed by atoms with Crippen LogP contribution < -0.4 is 5.56 Å². The molecule has 0 amide bonds. The van der Waals surface area contributed by atoms with Gasteiger partial charge in [-0.3, -0.25) is 4.79 Å². The van der Waals surface area contributed by atoms with Crippen LogP contribution in [0, 0.1) is 13.8 Å². The van der Waals surface area contributed by atoms with E-state index in [0.29, 0.717) is 29.1 Å². The van der Waals surface area contributed by atoms with E-state index in [1.165, 1.54) is 16.2 Å². The van der Waals surface area contributed by atoms with Crippen molar-refractivity contribution in [3.8, 4) is 0 Å². The summed E-state index contributed by atoms with van der Waals surface area (Å²) in [5, 5.41) is 0.558. The SMILES string of the molecule is C=C(C1=C(N(C)Cc2nc3sc(C)c(C)c3c(=O)[nH]2)OCCC1)C(F)(F)F.CC. The molecule has 0 saturated carbocycles. The molecule has 1 aliphatic rings. The summed E-state index contributed by atoms with van der Waals surface area (Å²) in [4.78, 5) is 22.7. The minimum absolute atomic E-state index is 0.0440. The Morgan fingerprint density at radius 2 is 2.00 bits per heavy atom. The molecule has 0 aromatic carbocycles. The van der Waals surface area contributed by atoms with Gasteiger partial charge in [-0.25, -0.2) is 4.98 Å². The molecule has 5 nitrogen and oxygen atoms in total. The fourth-order valence-electron chi connectivity index (χ4n) is 3.07. The maximum absolute atomic E-state index is 13.1. The second-order valence-corrected chi connectivity index (χ2v) is 7.75. The number of fused-ring (bicyclic) bond motifs is 1. The topological polar surface area (TPSA) is 58.2 Å². The maximum atomic E-state index is 13.1. The lowest BCUT2D eigenvalue weighted by Crippen LogP contribution is -2.28. The number of hydrogen-bond acceptors (Lipinski definition) is 5. The van der Waals surface area contributed by atoms with Gasteiger partial charge in [0.25, 0.3) is 5.56 Å². The summed E-state index contributed by atoms with van der Waals surface area (Å²) < 4.78 is 44.8. The molecule has 9 heteroatoms. The number of aryl methyl sites for hydroxylation is 2. The molecule has 0 aliphatic carbocycles. The van der Waals surface area contributed by atoms with Gasteiger partial charge in [-0.15, -0.1) is 11.3 Å². The number of ether oxygens (including phenoxy) is 1. The van der Waals surface area contributed by atoms with Gasteiger partial charge in [0.15, 0.2) is 5.88 Å². The molecular weight excluding hydrogens is 403 g/mol. The largest absolute Gasteiger partial charge is 0.479 e. The van der Waals surface area contributed by atoms with Crippen LogP contribution in [0.3, 0.4) is 0 Å². The van der Waals surface area contributed by atoms with Crippen molar-refractivity contribution in [2.45, 2.75) is 53.3 Å². The number of halogens is 3. The Balaban J connectivity index is 0.00000145. The highest BCUT2D eigenvalue weighted by Crippen LogP contribution is 2.36. The number of aromatic amines is 1. The number of thiophene rings is 1. The summed E-state index contributed by atoms with van der Waals surface area (Å²) in [6, 6.07) is 0. The zero-order chi connectivity index (χ0) is 21.9. The van der Waals surface area contributed by atoms with Crippen molar-refractivity contribution in [2.24, 2.45) is 0 Å². The number of nitrogens with one attached hydrogen (secondary N) is 1. The van der Waals surface area contributed by atoms with Crippen molar-refractivity contribution in [3.05, 3.63) is 50.2 Å². The molecule has 0 unspecified atom stereocenters. The van der Waals surface area contributed by atoms with E-state index in [2.05, 4.69) is 16.5 Å². The first-order valence-corrected chi connectivity index (χ1v) is 10.2. The highest BCUT2D eigenvalue weighted by molar-refractivity contribution is 7.18. The van der Waals surface area contributed by atoms with Crippen LogP contribution in [0.2, 0.25) is 0 Å². The minimum Gasteiger partial charge on any atom is -0.479 e. The van der Waals surface area contributed by atoms with Gasteiger partial charge in [0.05, 0.1) is 24.1 Å². The van der Waals surface area contributed by atoms with E-state index in [-0.39, 0.29) is 30.0 Å². The van der Waals surface area contributed by atoms with Gasteiger partial charge in [-0.2, -0.15) is 13.2 Å². The Labute approximate surface area is 171 Å². The lowest BCUT2D eigenvalue weighted by molar-refractivity contribution is -0.0905. The van der Waals surface area contributed by atoms with Crippen molar-refractivity contribution in [3.63, 3.8) is 0 Å². The van der Waals surface area contributed by atoms with E-state index < -0.39 is 11.7 Å². The number of rotatable bonds is 4. The Hall–Kier alpha value is -2.29. The second-order valence-electron chi connectivity index (χ2n) is 6.54. The summed E-state index contributed by atoms with van der Waals surface area (Å²) in [5.41, 5.74) is -0.206. The highest BCUT2D eigenvalue weighted by Gasteiger charge is 2.37. The molecule has 3 heterocycles. The zero-order valence-electron chi connectivity index (χ0n) is 17.3. The van der Waals surface area contributed by atoms with Crippen molar-refractivity contribution in [1.82, 2.24) is 14.9 Å². The minimum atomic E-state index is -4.51. The summed E-state index contributed by atoms with van der Waals surface area (Å²) >= 11 is 1.42. The summed E-state index contributed by atoms with van der Waals surface area (Å²) in [5.74, 6) is 0.500. The molecule has 3 rings (SSSR count). The Bertz CT molecular complexity index is 989. The molecule has 160 valence electrons. The number of alkyl halides is 3. The second kappa shape index (κ2) is 9.02. The average molecular weight is 430 g/mol. The third kappa shape index (κ3) is 4.83. The molecule has 2 aromatic rings. The molecule has 0 atom stereocenters. The normalized spacial score (nSPS) is 14.3. The van der Waals surface area contributed by atoms with Crippen molar-refractivity contribution in [2.75, 3.05) is 13.7 Å². The summed E-state index contributed by atoms with van der Waals surface area (Å²) in [6.07, 6.45) is -3.78. The molecular formula is C20H26F3N3O2S. The monoisotopic (exact) mass is 429 g/mol. The van der Waals surface area contributed by atoms with Crippen LogP contribution in [-0.4, -0.2) is 34.7 Å². The number of allylic oxidation sites excluding steroid dienone is 2. The Kier molecular flexibility index (Phi) is 7.15. The highest BCUT2D eigenvalue weighted by atomic mass is 32.1. The Morgan fingerprint density at radius 1 is 1.34 bits per heavy atom. The first-order chi connectivity index (χ1) is 13.6. The maximum Gasteiger partial charge on any atom is 0.416 e. The molecule has 0 saturated heterocycles. The first-order valence-electron chi connectivity index (χ1n) is 9.42. The quantitative estimate of drug-likeness (QED) is 0.726. The van der Waals surface area contributed by atoms with Gasteiger partial charge in [0, 0.05) is 17.5 Å². The van der Waals surface area contributed by atoms with E-state index in [1.807, 2.05) is 27.7 Å². The fourth-order valence-corrected chi connectivity index (χ4v) is 4.12. The fraction of sp³-hybridized carbons (Fsp3) is 0.500. The van der Waals surface area contributed by atoms with Crippen molar-refractivity contribution >= 4 is 21.6 Å². The predicted octanol–water partition coefficient (Wildman–Crippen LogP) is 5.20. The number of H-pyrrole nitrogens is 1. The summed E-state index contributed by atoms with van der Waals surface area (Å²) in [7, 11) is 1.61. The van der Waals surface area contributed by atoms with Gasteiger partial charge in [-0.1, -0.05) is 20.4 Å². The third-order valence-electron chi connectivity index (χ3n) is 4.60. The standard InChI is InChI=1S/C18H20F3N3O2S.C2H6/c1-9-11(3)27-16-14(9)15(25)22-13(23-16)8-24(4)17-12(6-5-7-26-17)10(2)18(19,20)21;1-2/h2,5-8H2,1,3-4H3,(H,22,23,25);1-2H3. The van der Waals surface area contributed by atoms with Crippen LogP contribution in [-0.2, 0) is 11.3 Å². The smallest absolute Gasteiger partial charge is 0.416 e. The van der Waals surface area contributed by atoms with Gasteiger partial charge >= 0.3 is 6.18 Å². The van der Waals surface area contributed by atoms with E-state index in [9.17, 15) is 18.0 Å². The predicted molar refractivity (Wildman–Crippen MR) is 110 cm³/mol. The van der Waals surface area contributed by atoms with Gasteiger partial charge in [0.2, 0.25) is 0 Å². The number of aromatic nitrogens is 2. The van der Waals surface area contributed by atoms with E-state index in [1.54, 1.807) is 7.05 Å². The van der Waals surface area contributed by atoms with Crippen molar-refractivity contribution in [1.29, 1.82) is 0 Å². The van der Waals surface area contributed by atoms with Gasteiger partial charge in [0.1, 0.15) is 10.7 Å².